The second kappa shape index (κ2) is 5.65. The first kappa shape index (κ1) is 14.9. The Morgan fingerprint density at radius 2 is 2.05 bits per heavy atom. The first-order chi connectivity index (χ1) is 9.95. The molecule has 1 saturated heterocycles. The lowest BCUT2D eigenvalue weighted by molar-refractivity contribution is 0.0771. The Morgan fingerprint density at radius 1 is 1.33 bits per heavy atom. The van der Waals surface area contributed by atoms with Gasteiger partial charge >= 0.3 is 0 Å². The van der Waals surface area contributed by atoms with Crippen molar-refractivity contribution in [3.63, 3.8) is 0 Å². The lowest BCUT2D eigenvalue weighted by Crippen LogP contribution is -2.32. The molecule has 0 bridgehead atoms. The van der Waals surface area contributed by atoms with E-state index < -0.39 is 0 Å². The van der Waals surface area contributed by atoms with E-state index in [1.165, 1.54) is 0 Å². The zero-order chi connectivity index (χ0) is 15.1. The second-order valence-electron chi connectivity index (χ2n) is 6.85. The molecule has 1 aromatic rings. The fraction of sp³-hybridized carbons (Fsp3) is 0.688. The van der Waals surface area contributed by atoms with Crippen molar-refractivity contribution in [1.29, 1.82) is 0 Å². The normalized spacial score (nSPS) is 29.0. The van der Waals surface area contributed by atoms with E-state index in [2.05, 4.69) is 13.8 Å². The Labute approximate surface area is 131 Å². The zero-order valence-electron chi connectivity index (χ0n) is 12.8. The molecule has 0 radical (unpaired) electrons. The van der Waals surface area contributed by atoms with Crippen LogP contribution >= 0.6 is 11.6 Å². The maximum absolute atomic E-state index is 12.8. The van der Waals surface area contributed by atoms with Crippen LogP contribution in [-0.4, -0.2) is 34.5 Å². The number of halogens is 1. The Hall–Kier alpha value is -1.00. The number of rotatable bonds is 2. The number of nitrogens with zero attached hydrogens (tertiary/aromatic N) is 2. The summed E-state index contributed by atoms with van der Waals surface area (Å²) in [6.45, 7) is 5.85. The lowest BCUT2D eigenvalue weighted by Gasteiger charge is -2.27. The number of nitrogens with two attached hydrogens (primary N) is 1. The molecule has 1 aliphatic carbocycles. The summed E-state index contributed by atoms with van der Waals surface area (Å²) in [5, 5.41) is 0.630. The minimum Gasteiger partial charge on any atom is -0.339 e. The third-order valence-corrected chi connectivity index (χ3v) is 5.17. The van der Waals surface area contributed by atoms with E-state index in [9.17, 15) is 4.79 Å². The zero-order valence-corrected chi connectivity index (χ0v) is 13.5. The molecule has 2 N–H and O–H groups in total. The van der Waals surface area contributed by atoms with Crippen molar-refractivity contribution in [3.05, 3.63) is 23.0 Å². The van der Waals surface area contributed by atoms with Crippen LogP contribution in [0.2, 0.25) is 5.02 Å². The van der Waals surface area contributed by atoms with Crippen molar-refractivity contribution in [2.24, 2.45) is 17.6 Å². The van der Waals surface area contributed by atoms with Gasteiger partial charge in [0.1, 0.15) is 5.69 Å². The predicted octanol–water partition coefficient (Wildman–Crippen LogP) is 2.92. The molecule has 21 heavy (non-hydrogen) atoms. The molecule has 0 aromatic carbocycles. The number of carbonyl (C=O) groups excluding carboxylic acids is 1. The quantitative estimate of drug-likeness (QED) is 0.913. The number of fused-ring (bicyclic) bond motifs is 1. The highest BCUT2D eigenvalue weighted by molar-refractivity contribution is 6.31. The molecule has 2 fully saturated rings. The van der Waals surface area contributed by atoms with Gasteiger partial charge in [-0.05, 0) is 51.0 Å². The molecule has 1 aromatic heterocycles. The highest BCUT2D eigenvalue weighted by Gasteiger charge is 2.39. The molecule has 0 spiro atoms. The number of carbonyl (C=O) groups is 1. The lowest BCUT2D eigenvalue weighted by atomic mass is 9.79. The van der Waals surface area contributed by atoms with Gasteiger partial charge in [-0.3, -0.25) is 4.79 Å². The van der Waals surface area contributed by atoms with Gasteiger partial charge < -0.3 is 15.2 Å². The van der Waals surface area contributed by atoms with E-state index in [1.54, 1.807) is 6.07 Å². The molecule has 1 aliphatic heterocycles. The minimum absolute atomic E-state index is 0.110. The molecule has 116 valence electrons. The third kappa shape index (κ3) is 2.84. The first-order valence-corrected chi connectivity index (χ1v) is 8.25. The SMILES string of the molecule is CC(C)n1cc(Cl)cc1C(=O)N1C[C@H]2CCC(N)C[C@H]2C1. The van der Waals surface area contributed by atoms with Crippen LogP contribution < -0.4 is 5.73 Å². The molecular weight excluding hydrogens is 286 g/mol. The number of hydrogen-bond acceptors (Lipinski definition) is 2. The summed E-state index contributed by atoms with van der Waals surface area (Å²) >= 11 is 6.09. The standard InChI is InChI=1S/C16H24ClN3O/c1-10(2)20-9-13(17)6-15(20)16(21)19-7-11-3-4-14(18)5-12(11)8-19/h6,9-12,14H,3-5,7-8,18H2,1-2H3/t11-,12+,14?/m1/s1. The van der Waals surface area contributed by atoms with Gasteiger partial charge in [0.15, 0.2) is 0 Å². The number of aromatic nitrogens is 1. The highest BCUT2D eigenvalue weighted by atomic mass is 35.5. The van der Waals surface area contributed by atoms with Gasteiger partial charge in [0, 0.05) is 31.4 Å². The molecule has 1 saturated carbocycles. The van der Waals surface area contributed by atoms with Crippen molar-refractivity contribution in [3.8, 4) is 0 Å². The van der Waals surface area contributed by atoms with Crippen molar-refractivity contribution < 1.29 is 4.79 Å². The Bertz CT molecular complexity index is 540. The van der Waals surface area contributed by atoms with Gasteiger partial charge in [0.2, 0.25) is 0 Å². The van der Waals surface area contributed by atoms with Crippen molar-refractivity contribution >= 4 is 17.5 Å². The maximum atomic E-state index is 12.8. The van der Waals surface area contributed by atoms with Crippen LogP contribution in [0.5, 0.6) is 0 Å². The van der Waals surface area contributed by atoms with Gasteiger partial charge in [-0.1, -0.05) is 11.6 Å². The molecule has 3 rings (SSSR count). The molecule has 3 atom stereocenters. The van der Waals surface area contributed by atoms with Crippen LogP contribution in [0.1, 0.15) is 49.6 Å². The van der Waals surface area contributed by atoms with E-state index in [0.29, 0.717) is 28.6 Å². The summed E-state index contributed by atoms with van der Waals surface area (Å²) in [6, 6.07) is 2.34. The van der Waals surface area contributed by atoms with E-state index in [-0.39, 0.29) is 11.9 Å². The largest absolute Gasteiger partial charge is 0.339 e. The summed E-state index contributed by atoms with van der Waals surface area (Å²) < 4.78 is 1.97. The van der Waals surface area contributed by atoms with E-state index in [1.807, 2.05) is 15.7 Å². The topological polar surface area (TPSA) is 51.3 Å². The van der Waals surface area contributed by atoms with Crippen molar-refractivity contribution in [2.75, 3.05) is 13.1 Å². The van der Waals surface area contributed by atoms with Gasteiger partial charge in [0.05, 0.1) is 5.02 Å². The second-order valence-corrected chi connectivity index (χ2v) is 7.28. The molecule has 2 heterocycles. The predicted molar refractivity (Wildman–Crippen MR) is 84.5 cm³/mol. The molecular formula is C16H24ClN3O. The Morgan fingerprint density at radius 3 is 2.76 bits per heavy atom. The van der Waals surface area contributed by atoms with Gasteiger partial charge in [-0.2, -0.15) is 0 Å². The third-order valence-electron chi connectivity index (χ3n) is 4.97. The van der Waals surface area contributed by atoms with Gasteiger partial charge in [0.25, 0.3) is 5.91 Å². The van der Waals surface area contributed by atoms with Crippen molar-refractivity contribution in [1.82, 2.24) is 9.47 Å². The van der Waals surface area contributed by atoms with Crippen LogP contribution in [0.4, 0.5) is 0 Å². The van der Waals surface area contributed by atoms with Crippen molar-refractivity contribution in [2.45, 2.75) is 45.2 Å². The van der Waals surface area contributed by atoms with Gasteiger partial charge in [-0.25, -0.2) is 0 Å². The summed E-state index contributed by atoms with van der Waals surface area (Å²) in [5.41, 5.74) is 6.77. The number of hydrogen-bond donors (Lipinski definition) is 1. The molecule has 2 aliphatic rings. The van der Waals surface area contributed by atoms with Crippen LogP contribution in [0.15, 0.2) is 12.3 Å². The highest BCUT2D eigenvalue weighted by Crippen LogP contribution is 2.36. The summed E-state index contributed by atoms with van der Waals surface area (Å²) in [7, 11) is 0. The van der Waals surface area contributed by atoms with E-state index >= 15 is 0 Å². The maximum Gasteiger partial charge on any atom is 0.270 e. The monoisotopic (exact) mass is 309 g/mol. The Balaban J connectivity index is 1.77. The average molecular weight is 310 g/mol. The molecule has 5 heteroatoms. The smallest absolute Gasteiger partial charge is 0.270 e. The Kier molecular flexibility index (Phi) is 4.02. The number of amides is 1. The van der Waals surface area contributed by atoms with Crippen LogP contribution in [0.3, 0.4) is 0 Å². The van der Waals surface area contributed by atoms with E-state index in [0.717, 1.165) is 32.4 Å². The van der Waals surface area contributed by atoms with Crippen LogP contribution in [-0.2, 0) is 0 Å². The van der Waals surface area contributed by atoms with Gasteiger partial charge in [-0.15, -0.1) is 0 Å². The van der Waals surface area contributed by atoms with E-state index in [4.69, 9.17) is 17.3 Å². The fourth-order valence-electron chi connectivity index (χ4n) is 3.84. The summed E-state index contributed by atoms with van der Waals surface area (Å²) in [4.78, 5) is 14.8. The first-order valence-electron chi connectivity index (χ1n) is 7.88. The van der Waals surface area contributed by atoms with Crippen LogP contribution in [0.25, 0.3) is 0 Å². The summed E-state index contributed by atoms with van der Waals surface area (Å²) in [5.74, 6) is 1.32. The minimum atomic E-state index is 0.110. The average Bonchev–Trinajstić information content (AvgIpc) is 3.00. The van der Waals surface area contributed by atoms with Crippen LogP contribution in [0, 0.1) is 11.8 Å². The molecule has 1 amide bonds. The molecule has 1 unspecified atom stereocenters. The number of likely N-dealkylation sites (tertiary alicyclic amines) is 1. The fourth-order valence-corrected chi connectivity index (χ4v) is 4.05. The summed E-state index contributed by atoms with van der Waals surface area (Å²) in [6.07, 6.45) is 5.15. The molecule has 4 nitrogen and oxygen atoms in total.